The summed E-state index contributed by atoms with van der Waals surface area (Å²) in [5, 5.41) is 0. The average Bonchev–Trinajstić information content (AvgIpc) is 3.21. The Hall–Kier alpha value is -0.487. The van der Waals surface area contributed by atoms with E-state index in [1.165, 1.54) is 36.8 Å². The molecule has 0 atom stereocenters. The maximum Gasteiger partial charge on any atom is 4.00 e. The molecule has 0 unspecified atom stereocenters. The molecule has 0 fully saturated rings. The molecule has 0 saturated carbocycles. The summed E-state index contributed by atoms with van der Waals surface area (Å²) in [4.78, 5) is 0. The molecule has 0 amide bonds. The van der Waals surface area contributed by atoms with Gasteiger partial charge in [-0.1, -0.05) is 43.0 Å². The van der Waals surface area contributed by atoms with E-state index in [-0.39, 0.29) is 51.0 Å². The molecular weight excluding hydrogens is 402 g/mol. The van der Waals surface area contributed by atoms with E-state index in [1.54, 1.807) is 11.1 Å². The van der Waals surface area contributed by atoms with Gasteiger partial charge in [-0.05, 0) is 6.42 Å². The summed E-state index contributed by atoms with van der Waals surface area (Å²) in [5.74, 6) is 0. The van der Waals surface area contributed by atoms with Crippen LogP contribution in [0.3, 0.4) is 0 Å². The Labute approximate surface area is 171 Å². The van der Waals surface area contributed by atoms with Crippen molar-refractivity contribution in [2.45, 2.75) is 32.1 Å². The Bertz CT molecular complexity index is 602. The summed E-state index contributed by atoms with van der Waals surface area (Å²) in [7, 11) is 0. The Morgan fingerprint density at radius 3 is 2.26 bits per heavy atom. The molecule has 4 rings (SSSR count). The normalized spacial score (nSPS) is 13.6. The minimum absolute atomic E-state index is 0. The van der Waals surface area contributed by atoms with E-state index in [1.807, 2.05) is 12.2 Å². The molecule has 2 aromatic carbocycles. The number of fused-ring (bicyclic) bond motifs is 1. The SMILES string of the molecule is [C-]1=CC=CC1.[Cl-].[Cl-].[Zr+4].c1ccc(-[c-]2ccc3c2CCCC3)cc1. The van der Waals surface area contributed by atoms with E-state index < -0.39 is 0 Å². The summed E-state index contributed by atoms with van der Waals surface area (Å²) in [6.45, 7) is 0. The first-order valence-electron chi connectivity index (χ1n) is 7.50. The zero-order valence-corrected chi connectivity index (χ0v) is 17.0. The standard InChI is InChI=1S/C15H15.C5H5.2ClH.Zr/c1-2-6-12(7-3-1)15-11-10-13-8-4-5-9-14(13)15;1-2-4-5-3-1;;;/h1-3,6-7,10-11H,4-5,8-9H2;1-3H,4H2;2*1H;/q2*-1;;;+4/p-2. The maximum atomic E-state index is 2.99. The van der Waals surface area contributed by atoms with Crippen LogP contribution in [0.15, 0.2) is 60.7 Å². The third-order valence-electron chi connectivity index (χ3n) is 3.96. The van der Waals surface area contributed by atoms with Crippen LogP contribution in [0.1, 0.15) is 30.4 Å². The summed E-state index contributed by atoms with van der Waals surface area (Å²) in [6.07, 6.45) is 15.3. The molecule has 0 bridgehead atoms. The molecule has 0 radical (unpaired) electrons. The number of hydrogen-bond donors (Lipinski definition) is 0. The van der Waals surface area contributed by atoms with Crippen LogP contribution in [-0.2, 0) is 39.0 Å². The topological polar surface area (TPSA) is 0 Å². The van der Waals surface area contributed by atoms with Crippen molar-refractivity contribution in [3.8, 4) is 11.1 Å². The molecule has 23 heavy (non-hydrogen) atoms. The van der Waals surface area contributed by atoms with Crippen LogP contribution >= 0.6 is 0 Å². The molecule has 0 aromatic heterocycles. The minimum atomic E-state index is 0. The Kier molecular flexibility index (Phi) is 11.7. The van der Waals surface area contributed by atoms with Crippen molar-refractivity contribution in [1.82, 2.24) is 0 Å². The van der Waals surface area contributed by atoms with Gasteiger partial charge in [-0.25, -0.2) is 12.2 Å². The smallest absolute Gasteiger partial charge is 1.00 e. The monoisotopic (exact) mass is 420 g/mol. The summed E-state index contributed by atoms with van der Waals surface area (Å²) in [5.41, 5.74) is 6.03. The second-order valence-corrected chi connectivity index (χ2v) is 5.33. The maximum absolute atomic E-state index is 2.99. The van der Waals surface area contributed by atoms with Gasteiger partial charge in [0.1, 0.15) is 0 Å². The van der Waals surface area contributed by atoms with E-state index in [0.717, 1.165) is 6.42 Å². The molecule has 0 heterocycles. The van der Waals surface area contributed by atoms with Crippen LogP contribution in [0.5, 0.6) is 0 Å². The fraction of sp³-hybridized carbons (Fsp3) is 0.250. The Morgan fingerprint density at radius 1 is 0.913 bits per heavy atom. The van der Waals surface area contributed by atoms with Crippen LogP contribution in [0.25, 0.3) is 11.1 Å². The van der Waals surface area contributed by atoms with E-state index in [2.05, 4.69) is 54.6 Å². The number of benzene rings is 1. The average molecular weight is 423 g/mol. The molecule has 2 aromatic rings. The van der Waals surface area contributed by atoms with Crippen molar-refractivity contribution in [2.24, 2.45) is 0 Å². The first kappa shape index (κ1) is 22.5. The number of aryl methyl sites for hydroxylation is 1. The van der Waals surface area contributed by atoms with Crippen LogP contribution in [-0.4, -0.2) is 0 Å². The van der Waals surface area contributed by atoms with Crippen molar-refractivity contribution in [3.05, 3.63) is 77.9 Å². The number of hydrogen-bond acceptors (Lipinski definition) is 0. The predicted molar refractivity (Wildman–Crippen MR) is 85.7 cm³/mol. The van der Waals surface area contributed by atoms with E-state index in [9.17, 15) is 0 Å². The number of halogens is 2. The van der Waals surface area contributed by atoms with Crippen LogP contribution in [0.4, 0.5) is 0 Å². The van der Waals surface area contributed by atoms with Crippen molar-refractivity contribution in [2.75, 3.05) is 0 Å². The summed E-state index contributed by atoms with van der Waals surface area (Å²) in [6, 6.07) is 15.4. The van der Waals surface area contributed by atoms with E-state index in [0.29, 0.717) is 0 Å². The number of rotatable bonds is 1. The van der Waals surface area contributed by atoms with Gasteiger partial charge in [-0.2, -0.15) is 6.08 Å². The zero-order valence-electron chi connectivity index (χ0n) is 13.1. The Balaban J connectivity index is 0.000000529. The fourth-order valence-electron chi connectivity index (χ4n) is 2.93. The van der Waals surface area contributed by atoms with Crippen molar-refractivity contribution in [3.63, 3.8) is 0 Å². The van der Waals surface area contributed by atoms with Crippen molar-refractivity contribution in [1.29, 1.82) is 0 Å². The first-order valence-corrected chi connectivity index (χ1v) is 7.50. The van der Waals surface area contributed by atoms with E-state index >= 15 is 0 Å². The van der Waals surface area contributed by atoms with Gasteiger partial charge >= 0.3 is 26.2 Å². The first-order chi connectivity index (χ1) is 9.95. The van der Waals surface area contributed by atoms with Crippen molar-refractivity contribution >= 4 is 0 Å². The molecule has 0 aliphatic heterocycles. The third kappa shape index (κ3) is 6.14. The molecule has 0 nitrogen and oxygen atoms in total. The van der Waals surface area contributed by atoms with Crippen molar-refractivity contribution < 1.29 is 51.0 Å². The molecular formula is C20H20Cl2Zr. The number of allylic oxidation sites excluding steroid dienone is 4. The van der Waals surface area contributed by atoms with Gasteiger partial charge in [0, 0.05) is 0 Å². The van der Waals surface area contributed by atoms with Gasteiger partial charge in [0.05, 0.1) is 0 Å². The molecule has 0 N–H and O–H groups in total. The quantitative estimate of drug-likeness (QED) is 0.532. The van der Waals surface area contributed by atoms with Gasteiger partial charge in [0.2, 0.25) is 0 Å². The molecule has 0 saturated heterocycles. The van der Waals surface area contributed by atoms with Crippen LogP contribution in [0, 0.1) is 6.08 Å². The zero-order chi connectivity index (χ0) is 13.6. The van der Waals surface area contributed by atoms with Gasteiger partial charge in [0.15, 0.2) is 0 Å². The molecule has 3 heteroatoms. The van der Waals surface area contributed by atoms with Gasteiger partial charge in [0.25, 0.3) is 0 Å². The second kappa shape index (κ2) is 12.0. The Morgan fingerprint density at radius 2 is 1.65 bits per heavy atom. The van der Waals surface area contributed by atoms with E-state index in [4.69, 9.17) is 0 Å². The molecule has 2 aliphatic rings. The van der Waals surface area contributed by atoms with Crippen LogP contribution < -0.4 is 24.8 Å². The van der Waals surface area contributed by atoms with Gasteiger partial charge < -0.3 is 24.8 Å². The summed E-state index contributed by atoms with van der Waals surface area (Å²) < 4.78 is 0. The second-order valence-electron chi connectivity index (χ2n) is 5.33. The largest absolute Gasteiger partial charge is 4.00 e. The predicted octanol–water partition coefficient (Wildman–Crippen LogP) is -0.738. The third-order valence-corrected chi connectivity index (χ3v) is 3.96. The fourth-order valence-corrected chi connectivity index (χ4v) is 2.93. The molecule has 2 aliphatic carbocycles. The summed E-state index contributed by atoms with van der Waals surface area (Å²) >= 11 is 0. The molecule has 118 valence electrons. The van der Waals surface area contributed by atoms with Gasteiger partial charge in [-0.3, -0.25) is 6.08 Å². The molecule has 0 spiro atoms. The minimum Gasteiger partial charge on any atom is -1.00 e. The van der Waals surface area contributed by atoms with Crippen LogP contribution in [0.2, 0.25) is 0 Å². The van der Waals surface area contributed by atoms with Gasteiger partial charge in [-0.15, -0.1) is 47.4 Å².